The number of esters is 2. The van der Waals surface area contributed by atoms with Crippen LogP contribution in [0.25, 0.3) is 0 Å². The van der Waals surface area contributed by atoms with Gasteiger partial charge in [0.25, 0.3) is 0 Å². The van der Waals surface area contributed by atoms with Crippen LogP contribution in [-0.4, -0.2) is 74.7 Å². The molecule has 0 spiro atoms. The van der Waals surface area contributed by atoms with Gasteiger partial charge in [0.05, 0.1) is 13.2 Å². The molecule has 0 saturated carbocycles. The van der Waals surface area contributed by atoms with E-state index >= 15 is 0 Å². The van der Waals surface area contributed by atoms with Gasteiger partial charge >= 0.3 is 11.9 Å². The average Bonchev–Trinajstić information content (AvgIpc) is 2.63. The Morgan fingerprint density at radius 2 is 1.72 bits per heavy atom. The Kier molecular flexibility index (Phi) is 9.36. The van der Waals surface area contributed by atoms with Crippen molar-refractivity contribution in [3.05, 3.63) is 25.3 Å². The minimum atomic E-state index is -1.70. The van der Waals surface area contributed by atoms with E-state index < -0.39 is 23.7 Å². The highest BCUT2D eigenvalue weighted by atomic mass is 16.6. The van der Waals surface area contributed by atoms with E-state index in [1.54, 1.807) is 11.8 Å². The maximum absolute atomic E-state index is 12.9. The first-order chi connectivity index (χ1) is 12.0. The smallest absolute Gasteiger partial charge is 0.338 e. The van der Waals surface area contributed by atoms with Crippen LogP contribution in [-0.2, 0) is 28.5 Å². The number of hydrogen-bond acceptors (Lipinski definition) is 8. The van der Waals surface area contributed by atoms with Gasteiger partial charge in [0.1, 0.15) is 19.4 Å². The van der Waals surface area contributed by atoms with E-state index in [0.717, 1.165) is 0 Å². The van der Waals surface area contributed by atoms with Crippen LogP contribution < -0.4 is 5.73 Å². The first-order valence-electron chi connectivity index (χ1n) is 8.29. The van der Waals surface area contributed by atoms with E-state index in [9.17, 15) is 9.59 Å². The van der Waals surface area contributed by atoms with Crippen LogP contribution in [0.1, 0.15) is 13.3 Å². The third kappa shape index (κ3) is 5.64. The van der Waals surface area contributed by atoms with Gasteiger partial charge in [0, 0.05) is 26.1 Å². The van der Waals surface area contributed by atoms with Gasteiger partial charge in [-0.25, -0.2) is 9.59 Å². The summed E-state index contributed by atoms with van der Waals surface area (Å²) in [7, 11) is 0. The molecule has 25 heavy (non-hydrogen) atoms. The first kappa shape index (κ1) is 21.3. The van der Waals surface area contributed by atoms with Gasteiger partial charge in [-0.15, -0.1) is 0 Å². The Hall–Kier alpha value is -1.74. The van der Waals surface area contributed by atoms with Gasteiger partial charge in [-0.2, -0.15) is 0 Å². The average molecular weight is 356 g/mol. The molecule has 1 atom stereocenters. The van der Waals surface area contributed by atoms with Crippen LogP contribution in [0.15, 0.2) is 25.3 Å². The molecule has 0 aromatic rings. The summed E-state index contributed by atoms with van der Waals surface area (Å²) in [4.78, 5) is 27.4. The van der Waals surface area contributed by atoms with E-state index in [1.807, 2.05) is 0 Å². The van der Waals surface area contributed by atoms with E-state index in [0.29, 0.717) is 32.9 Å². The molecule has 1 saturated heterocycles. The van der Waals surface area contributed by atoms with E-state index in [1.165, 1.54) is 12.2 Å². The van der Waals surface area contributed by atoms with E-state index in [2.05, 4.69) is 13.2 Å². The minimum Gasteiger partial charge on any atom is -0.460 e. The normalized spacial score (nSPS) is 16.7. The lowest BCUT2D eigenvalue weighted by Gasteiger charge is -2.42. The van der Waals surface area contributed by atoms with Crippen molar-refractivity contribution in [3.8, 4) is 0 Å². The zero-order chi connectivity index (χ0) is 18.7. The number of rotatable bonds is 11. The van der Waals surface area contributed by atoms with Gasteiger partial charge in [0.2, 0.25) is 5.54 Å². The third-order valence-corrected chi connectivity index (χ3v) is 3.77. The lowest BCUT2D eigenvalue weighted by molar-refractivity contribution is -0.181. The number of hydrogen-bond donors (Lipinski definition) is 1. The molecule has 1 fully saturated rings. The second kappa shape index (κ2) is 11.0. The molecule has 1 aliphatic heterocycles. The molecule has 1 heterocycles. The maximum atomic E-state index is 12.9. The fraction of sp³-hybridized carbons (Fsp3) is 0.647. The van der Waals surface area contributed by atoms with Crippen LogP contribution >= 0.6 is 0 Å². The van der Waals surface area contributed by atoms with Gasteiger partial charge in [0.15, 0.2) is 0 Å². The predicted octanol–water partition coefficient (Wildman–Crippen LogP) is 0.227. The molecule has 1 rings (SSSR count). The largest absolute Gasteiger partial charge is 0.460 e. The lowest BCUT2D eigenvalue weighted by Crippen LogP contribution is -2.65. The Labute approximate surface area is 148 Å². The van der Waals surface area contributed by atoms with Crippen LogP contribution in [0.3, 0.4) is 0 Å². The number of nitrogens with two attached hydrogens (primary N) is 1. The summed E-state index contributed by atoms with van der Waals surface area (Å²) in [5.41, 5.74) is 4.27. The Morgan fingerprint density at radius 3 is 2.16 bits per heavy atom. The topological polar surface area (TPSA) is 100 Å². The molecule has 1 unspecified atom stereocenters. The Bertz CT molecular complexity index is 438. The number of morpholine rings is 1. The SMILES string of the molecule is C=CCOC(=O)C(CC(N)OCC)(C(=O)OCC=C)N1CCOCC1. The lowest BCUT2D eigenvalue weighted by atomic mass is 9.91. The summed E-state index contributed by atoms with van der Waals surface area (Å²) in [6.07, 6.45) is 1.94. The summed E-state index contributed by atoms with van der Waals surface area (Å²) >= 11 is 0. The fourth-order valence-corrected chi connectivity index (χ4v) is 2.65. The Balaban J connectivity index is 3.21. The van der Waals surface area contributed by atoms with Crippen molar-refractivity contribution >= 4 is 11.9 Å². The zero-order valence-electron chi connectivity index (χ0n) is 14.8. The molecular formula is C17H28N2O6. The second-order valence-electron chi connectivity index (χ2n) is 5.43. The van der Waals surface area contributed by atoms with Crippen molar-refractivity contribution in [1.82, 2.24) is 4.90 Å². The number of ether oxygens (including phenoxy) is 4. The maximum Gasteiger partial charge on any atom is 0.338 e. The summed E-state index contributed by atoms with van der Waals surface area (Å²) in [6.45, 7) is 10.6. The molecule has 0 amide bonds. The Morgan fingerprint density at radius 1 is 1.20 bits per heavy atom. The molecule has 2 N–H and O–H groups in total. The van der Waals surface area contributed by atoms with E-state index in [4.69, 9.17) is 24.7 Å². The summed E-state index contributed by atoms with van der Waals surface area (Å²) in [5, 5.41) is 0. The standard InChI is InChI=1S/C17H28N2O6/c1-4-9-24-15(20)17(13-14(18)23-6-3,16(21)25-10-5-2)19-7-11-22-12-8-19/h4-5,14H,1-2,6-13,18H2,3H3. The van der Waals surface area contributed by atoms with Crippen molar-refractivity contribution in [3.63, 3.8) is 0 Å². The summed E-state index contributed by atoms with van der Waals surface area (Å²) < 4.78 is 21.1. The minimum absolute atomic E-state index is 0.0243. The second-order valence-corrected chi connectivity index (χ2v) is 5.43. The zero-order valence-corrected chi connectivity index (χ0v) is 14.8. The summed E-state index contributed by atoms with van der Waals surface area (Å²) in [5.74, 6) is -1.47. The van der Waals surface area contributed by atoms with Crippen molar-refractivity contribution in [2.75, 3.05) is 46.1 Å². The number of nitrogens with zero attached hydrogens (tertiary/aromatic N) is 1. The molecule has 1 aliphatic rings. The molecule has 0 aromatic carbocycles. The number of carbonyl (C=O) groups is 2. The van der Waals surface area contributed by atoms with Crippen molar-refractivity contribution < 1.29 is 28.5 Å². The highest BCUT2D eigenvalue weighted by Crippen LogP contribution is 2.27. The monoisotopic (exact) mass is 356 g/mol. The molecule has 8 heteroatoms. The van der Waals surface area contributed by atoms with Crippen molar-refractivity contribution in [2.24, 2.45) is 5.73 Å². The highest BCUT2D eigenvalue weighted by Gasteiger charge is 2.55. The third-order valence-electron chi connectivity index (χ3n) is 3.77. The van der Waals surface area contributed by atoms with Gasteiger partial charge in [-0.3, -0.25) is 4.90 Å². The molecule has 0 bridgehead atoms. The van der Waals surface area contributed by atoms with Gasteiger partial charge in [-0.05, 0) is 6.92 Å². The van der Waals surface area contributed by atoms with Crippen molar-refractivity contribution in [2.45, 2.75) is 25.1 Å². The summed E-state index contributed by atoms with van der Waals surface area (Å²) in [6, 6.07) is 0. The van der Waals surface area contributed by atoms with Crippen LogP contribution in [0.4, 0.5) is 0 Å². The van der Waals surface area contributed by atoms with E-state index in [-0.39, 0.29) is 19.6 Å². The molecule has 0 aliphatic carbocycles. The van der Waals surface area contributed by atoms with Crippen LogP contribution in [0.5, 0.6) is 0 Å². The first-order valence-corrected chi connectivity index (χ1v) is 8.29. The molecule has 142 valence electrons. The molecular weight excluding hydrogens is 328 g/mol. The van der Waals surface area contributed by atoms with Gasteiger partial charge < -0.3 is 24.7 Å². The molecule has 0 aromatic heterocycles. The molecule has 8 nitrogen and oxygen atoms in total. The van der Waals surface area contributed by atoms with Crippen LogP contribution in [0, 0.1) is 0 Å². The van der Waals surface area contributed by atoms with Crippen LogP contribution in [0.2, 0.25) is 0 Å². The predicted molar refractivity (Wildman–Crippen MR) is 91.7 cm³/mol. The van der Waals surface area contributed by atoms with Crippen molar-refractivity contribution in [1.29, 1.82) is 0 Å². The fourth-order valence-electron chi connectivity index (χ4n) is 2.65. The highest BCUT2D eigenvalue weighted by molar-refractivity contribution is 6.05. The quantitative estimate of drug-likeness (QED) is 0.243. The number of carbonyl (C=O) groups excluding carboxylic acids is 2. The van der Waals surface area contributed by atoms with Gasteiger partial charge in [-0.1, -0.05) is 25.3 Å². The molecule has 0 radical (unpaired) electrons.